The molecule has 168 valence electrons. The van der Waals surface area contributed by atoms with Gasteiger partial charge in [0.1, 0.15) is 0 Å². The third-order valence-electron chi connectivity index (χ3n) is 5.75. The van der Waals surface area contributed by atoms with Crippen molar-refractivity contribution in [3.05, 3.63) is 94.5 Å². The first-order valence-corrected chi connectivity index (χ1v) is 11.1. The zero-order valence-electron chi connectivity index (χ0n) is 18.2. The smallest absolute Gasteiger partial charge is 0.253 e. The Morgan fingerprint density at radius 3 is 2.58 bits per heavy atom. The second-order valence-electron chi connectivity index (χ2n) is 8.03. The summed E-state index contributed by atoms with van der Waals surface area (Å²) in [5.74, 6) is -1.24. The monoisotopic (exact) mass is 461 g/mol. The summed E-state index contributed by atoms with van der Waals surface area (Å²) in [6.45, 7) is 2.64. The Morgan fingerprint density at radius 1 is 1.03 bits per heavy atom. The number of aryl methyl sites for hydroxylation is 1. The van der Waals surface area contributed by atoms with E-state index < -0.39 is 5.92 Å². The SMILES string of the molecule is Cc1ccccc1CNC(=O)c1ccccc1NC(=O)[C@@H]1CC(=O)N(c2cccc(Cl)c2)C1. The van der Waals surface area contributed by atoms with Crippen molar-refractivity contribution in [2.24, 2.45) is 5.92 Å². The molecule has 1 aliphatic rings. The quantitative estimate of drug-likeness (QED) is 0.564. The highest BCUT2D eigenvalue weighted by molar-refractivity contribution is 6.31. The number of benzene rings is 3. The van der Waals surface area contributed by atoms with Gasteiger partial charge in [-0.05, 0) is 48.4 Å². The molecule has 0 radical (unpaired) electrons. The predicted octanol–water partition coefficient (Wildman–Crippen LogP) is 4.57. The predicted molar refractivity (Wildman–Crippen MR) is 129 cm³/mol. The van der Waals surface area contributed by atoms with Crippen LogP contribution in [-0.2, 0) is 16.1 Å². The van der Waals surface area contributed by atoms with Crippen LogP contribution >= 0.6 is 11.6 Å². The van der Waals surface area contributed by atoms with Crippen LogP contribution in [0.3, 0.4) is 0 Å². The van der Waals surface area contributed by atoms with Crippen LogP contribution in [0.5, 0.6) is 0 Å². The van der Waals surface area contributed by atoms with Gasteiger partial charge in [0.15, 0.2) is 0 Å². The highest BCUT2D eigenvalue weighted by atomic mass is 35.5. The van der Waals surface area contributed by atoms with E-state index in [1.165, 1.54) is 0 Å². The molecule has 4 rings (SSSR count). The lowest BCUT2D eigenvalue weighted by Gasteiger charge is -2.17. The molecule has 0 unspecified atom stereocenters. The summed E-state index contributed by atoms with van der Waals surface area (Å²) in [5.41, 5.74) is 3.57. The van der Waals surface area contributed by atoms with E-state index in [0.717, 1.165) is 11.1 Å². The minimum absolute atomic E-state index is 0.0972. The lowest BCUT2D eigenvalue weighted by atomic mass is 10.1. The molecule has 1 saturated heterocycles. The van der Waals surface area contributed by atoms with Gasteiger partial charge in [-0.2, -0.15) is 0 Å². The number of carbonyl (C=O) groups excluding carboxylic acids is 3. The molecule has 2 N–H and O–H groups in total. The van der Waals surface area contributed by atoms with Crippen molar-refractivity contribution in [3.63, 3.8) is 0 Å². The molecule has 1 aliphatic heterocycles. The second-order valence-corrected chi connectivity index (χ2v) is 8.47. The molecule has 3 amide bonds. The Bertz CT molecular complexity index is 1210. The maximum atomic E-state index is 13.0. The number of amides is 3. The van der Waals surface area contributed by atoms with Crippen LogP contribution in [0.25, 0.3) is 0 Å². The lowest BCUT2D eigenvalue weighted by molar-refractivity contribution is -0.122. The van der Waals surface area contributed by atoms with Crippen LogP contribution in [-0.4, -0.2) is 24.3 Å². The van der Waals surface area contributed by atoms with Crippen LogP contribution in [0.15, 0.2) is 72.8 Å². The molecule has 3 aromatic carbocycles. The number of rotatable bonds is 6. The van der Waals surface area contributed by atoms with Crippen LogP contribution in [0.4, 0.5) is 11.4 Å². The molecule has 33 heavy (non-hydrogen) atoms. The fourth-order valence-electron chi connectivity index (χ4n) is 3.88. The molecule has 0 saturated carbocycles. The van der Waals surface area contributed by atoms with Crippen molar-refractivity contribution in [3.8, 4) is 0 Å². The topological polar surface area (TPSA) is 78.5 Å². The highest BCUT2D eigenvalue weighted by Crippen LogP contribution is 2.28. The van der Waals surface area contributed by atoms with Gasteiger partial charge in [0.05, 0.1) is 17.2 Å². The number of halogens is 1. The third kappa shape index (κ3) is 5.23. The van der Waals surface area contributed by atoms with Crippen molar-refractivity contribution in [1.82, 2.24) is 5.32 Å². The Hall–Kier alpha value is -3.64. The van der Waals surface area contributed by atoms with E-state index in [4.69, 9.17) is 11.6 Å². The molecule has 0 bridgehead atoms. The summed E-state index contributed by atoms with van der Waals surface area (Å²) in [5, 5.41) is 6.28. The van der Waals surface area contributed by atoms with Gasteiger partial charge in [-0.25, -0.2) is 0 Å². The standard InChI is InChI=1S/C26H24ClN3O3/c1-17-7-2-3-8-18(17)15-28-26(33)22-11-4-5-12-23(22)29-25(32)19-13-24(31)30(16-19)21-10-6-9-20(27)14-21/h2-12,14,19H,13,15-16H2,1H3,(H,28,33)(H,29,32)/t19-/m1/s1. The lowest BCUT2D eigenvalue weighted by Crippen LogP contribution is -2.29. The van der Waals surface area contributed by atoms with E-state index in [0.29, 0.717) is 28.5 Å². The van der Waals surface area contributed by atoms with Gasteiger partial charge >= 0.3 is 0 Å². The summed E-state index contributed by atoms with van der Waals surface area (Å²) in [6.07, 6.45) is 0.0972. The number of nitrogens with one attached hydrogen (secondary N) is 2. The van der Waals surface area contributed by atoms with Crippen molar-refractivity contribution >= 4 is 40.7 Å². The summed E-state index contributed by atoms with van der Waals surface area (Å²) < 4.78 is 0. The molecule has 1 fully saturated rings. The van der Waals surface area contributed by atoms with Gasteiger partial charge in [0.25, 0.3) is 5.91 Å². The number of hydrogen-bond acceptors (Lipinski definition) is 3. The second kappa shape index (κ2) is 9.88. The van der Waals surface area contributed by atoms with E-state index in [1.807, 2.05) is 31.2 Å². The highest BCUT2D eigenvalue weighted by Gasteiger charge is 2.35. The number of carbonyl (C=O) groups is 3. The number of para-hydroxylation sites is 1. The maximum Gasteiger partial charge on any atom is 0.253 e. The van der Waals surface area contributed by atoms with Gasteiger partial charge < -0.3 is 15.5 Å². The van der Waals surface area contributed by atoms with Crippen LogP contribution in [0, 0.1) is 12.8 Å². The van der Waals surface area contributed by atoms with Gasteiger partial charge in [-0.15, -0.1) is 0 Å². The van der Waals surface area contributed by atoms with Crippen molar-refractivity contribution in [2.45, 2.75) is 19.9 Å². The minimum atomic E-state index is -0.528. The van der Waals surface area contributed by atoms with E-state index in [1.54, 1.807) is 53.4 Å². The Morgan fingerprint density at radius 2 is 1.79 bits per heavy atom. The van der Waals surface area contributed by atoms with E-state index in [-0.39, 0.29) is 30.7 Å². The molecule has 1 atom stereocenters. The van der Waals surface area contributed by atoms with Crippen LogP contribution < -0.4 is 15.5 Å². The van der Waals surface area contributed by atoms with Gasteiger partial charge in [-0.3, -0.25) is 14.4 Å². The minimum Gasteiger partial charge on any atom is -0.348 e. The largest absolute Gasteiger partial charge is 0.348 e. The zero-order valence-corrected chi connectivity index (χ0v) is 18.9. The first-order valence-electron chi connectivity index (χ1n) is 10.7. The molecule has 0 spiro atoms. The van der Waals surface area contributed by atoms with Crippen LogP contribution in [0.2, 0.25) is 5.02 Å². The van der Waals surface area contributed by atoms with E-state index in [2.05, 4.69) is 10.6 Å². The molecule has 0 aromatic heterocycles. The van der Waals surface area contributed by atoms with E-state index in [9.17, 15) is 14.4 Å². The molecular formula is C26H24ClN3O3. The average Bonchev–Trinajstić information content (AvgIpc) is 3.20. The number of hydrogen-bond donors (Lipinski definition) is 2. The zero-order chi connectivity index (χ0) is 23.4. The Kier molecular flexibility index (Phi) is 6.75. The van der Waals surface area contributed by atoms with Gasteiger partial charge in [0, 0.05) is 30.2 Å². The first-order chi connectivity index (χ1) is 15.9. The molecule has 7 heteroatoms. The fraction of sp³-hybridized carbons (Fsp3) is 0.192. The molecular weight excluding hydrogens is 438 g/mol. The van der Waals surface area contributed by atoms with Crippen LogP contribution in [0.1, 0.15) is 27.9 Å². The maximum absolute atomic E-state index is 13.0. The Balaban J connectivity index is 1.43. The van der Waals surface area contributed by atoms with Crippen molar-refractivity contribution in [2.75, 3.05) is 16.8 Å². The molecule has 6 nitrogen and oxygen atoms in total. The molecule has 1 heterocycles. The summed E-state index contributed by atoms with van der Waals surface area (Å²) in [7, 11) is 0. The van der Waals surface area contributed by atoms with Crippen molar-refractivity contribution in [1.29, 1.82) is 0 Å². The molecule has 3 aromatic rings. The average molecular weight is 462 g/mol. The number of nitrogens with zero attached hydrogens (tertiary/aromatic N) is 1. The third-order valence-corrected chi connectivity index (χ3v) is 5.98. The summed E-state index contributed by atoms with van der Waals surface area (Å²) in [4.78, 5) is 39.9. The molecule has 0 aliphatic carbocycles. The van der Waals surface area contributed by atoms with Crippen molar-refractivity contribution < 1.29 is 14.4 Å². The van der Waals surface area contributed by atoms with Gasteiger partial charge in [0.2, 0.25) is 11.8 Å². The van der Waals surface area contributed by atoms with Gasteiger partial charge in [-0.1, -0.05) is 54.1 Å². The van der Waals surface area contributed by atoms with E-state index >= 15 is 0 Å². The normalized spacial score (nSPS) is 15.4. The summed E-state index contributed by atoms with van der Waals surface area (Å²) >= 11 is 6.04. The summed E-state index contributed by atoms with van der Waals surface area (Å²) in [6, 6.07) is 21.7. The number of anilines is 2. The fourth-order valence-corrected chi connectivity index (χ4v) is 4.07. The first kappa shape index (κ1) is 22.6. The Labute approximate surface area is 197 Å².